The molecule has 0 saturated carbocycles. The molecule has 6 heteroatoms. The number of rotatable bonds is 3. The van der Waals surface area contributed by atoms with Gasteiger partial charge in [0.2, 0.25) is 5.78 Å². The molecular formula is C24H18Cl2N2O2. The van der Waals surface area contributed by atoms with E-state index in [-0.39, 0.29) is 11.8 Å². The predicted molar refractivity (Wildman–Crippen MR) is 119 cm³/mol. The van der Waals surface area contributed by atoms with E-state index in [2.05, 4.69) is 31.2 Å². The van der Waals surface area contributed by atoms with Crippen LogP contribution in [0.4, 0.5) is 0 Å². The maximum Gasteiger partial charge on any atom is 0.251 e. The smallest absolute Gasteiger partial charge is 0.251 e. The van der Waals surface area contributed by atoms with Crippen LogP contribution in [0.5, 0.6) is 5.75 Å². The van der Waals surface area contributed by atoms with Crippen molar-refractivity contribution in [2.75, 3.05) is 0 Å². The molecule has 2 aliphatic rings. The molecule has 0 aliphatic carbocycles. The fraction of sp³-hybridized carbons (Fsp3) is 0.167. The molecule has 3 aromatic carbocycles. The molecule has 2 unspecified atom stereocenters. The molecule has 4 nitrogen and oxygen atoms in total. The summed E-state index contributed by atoms with van der Waals surface area (Å²) in [5.41, 5.74) is 4.61. The Balaban J connectivity index is 1.57. The van der Waals surface area contributed by atoms with Crippen molar-refractivity contribution in [2.24, 2.45) is 5.10 Å². The summed E-state index contributed by atoms with van der Waals surface area (Å²) >= 11 is 12.2. The summed E-state index contributed by atoms with van der Waals surface area (Å²) in [7, 11) is 0. The van der Waals surface area contributed by atoms with Crippen LogP contribution in [0.2, 0.25) is 10.0 Å². The molecule has 2 heterocycles. The van der Waals surface area contributed by atoms with Gasteiger partial charge < -0.3 is 4.74 Å². The zero-order chi connectivity index (χ0) is 20.8. The Bertz CT molecular complexity index is 1160. The monoisotopic (exact) mass is 436 g/mol. The number of ether oxygens (including phenoxy) is 1. The average Bonchev–Trinajstić information content (AvgIpc) is 3.19. The molecular weight excluding hydrogens is 419 g/mol. The molecule has 0 N–H and O–H groups in total. The summed E-state index contributed by atoms with van der Waals surface area (Å²) in [6, 6.07) is 20.4. The van der Waals surface area contributed by atoms with E-state index in [0.717, 1.165) is 16.8 Å². The van der Waals surface area contributed by atoms with Crippen molar-refractivity contribution >= 4 is 34.7 Å². The second kappa shape index (κ2) is 7.46. The van der Waals surface area contributed by atoms with E-state index in [9.17, 15) is 4.79 Å². The summed E-state index contributed by atoms with van der Waals surface area (Å²) in [5.74, 6) is 0.500. The van der Waals surface area contributed by atoms with Gasteiger partial charge in [-0.2, -0.15) is 5.10 Å². The highest BCUT2D eigenvalue weighted by molar-refractivity contribution is 6.31. The number of nitrogens with zero attached hydrogens (tertiary/aromatic N) is 2. The van der Waals surface area contributed by atoms with Gasteiger partial charge in [0.05, 0.1) is 11.8 Å². The lowest BCUT2D eigenvalue weighted by Gasteiger charge is -2.37. The summed E-state index contributed by atoms with van der Waals surface area (Å²) in [4.78, 5) is 13.3. The van der Waals surface area contributed by atoms with Crippen LogP contribution in [0.25, 0.3) is 0 Å². The number of benzene rings is 3. The minimum absolute atomic E-state index is 0.120. The third kappa shape index (κ3) is 3.36. The first-order chi connectivity index (χ1) is 14.5. The molecule has 0 spiro atoms. The van der Waals surface area contributed by atoms with Gasteiger partial charge in [0.1, 0.15) is 5.75 Å². The number of hydrogen-bond acceptors (Lipinski definition) is 4. The number of hydrazone groups is 1. The minimum Gasteiger partial charge on any atom is -0.461 e. The van der Waals surface area contributed by atoms with E-state index >= 15 is 0 Å². The van der Waals surface area contributed by atoms with E-state index in [1.165, 1.54) is 5.56 Å². The van der Waals surface area contributed by atoms with Gasteiger partial charge in [-0.25, -0.2) is 5.01 Å². The number of hydrogen-bond donors (Lipinski definition) is 0. The first-order valence-corrected chi connectivity index (χ1v) is 10.4. The Morgan fingerprint density at radius 2 is 1.70 bits per heavy atom. The minimum atomic E-state index is -0.854. The number of carbonyl (C=O) groups is 1. The van der Waals surface area contributed by atoms with Gasteiger partial charge >= 0.3 is 0 Å². The fourth-order valence-electron chi connectivity index (χ4n) is 3.91. The summed E-state index contributed by atoms with van der Waals surface area (Å²) in [6.45, 7) is 2.05. The Morgan fingerprint density at radius 3 is 2.43 bits per heavy atom. The van der Waals surface area contributed by atoms with Gasteiger partial charge in [-0.1, -0.05) is 53.0 Å². The second-order valence-electron chi connectivity index (χ2n) is 7.54. The lowest BCUT2D eigenvalue weighted by atomic mass is 9.95. The quantitative estimate of drug-likeness (QED) is 0.468. The van der Waals surface area contributed by atoms with E-state index in [4.69, 9.17) is 33.0 Å². The maximum atomic E-state index is 13.3. The largest absolute Gasteiger partial charge is 0.461 e. The molecule has 150 valence electrons. The highest BCUT2D eigenvalue weighted by Crippen LogP contribution is 2.44. The van der Waals surface area contributed by atoms with Crippen molar-refractivity contribution in [3.8, 4) is 5.75 Å². The molecule has 30 heavy (non-hydrogen) atoms. The Labute approximate surface area is 184 Å². The predicted octanol–water partition coefficient (Wildman–Crippen LogP) is 6.05. The SMILES string of the molecule is Cc1ccc(C2=NN3C(C(=O)c4ccc(Cl)cc4)Oc4ccc(Cl)cc4C3C2)cc1. The van der Waals surface area contributed by atoms with Crippen LogP contribution < -0.4 is 4.74 Å². The Kier molecular flexibility index (Phi) is 4.76. The first-order valence-electron chi connectivity index (χ1n) is 9.68. The van der Waals surface area contributed by atoms with E-state index in [1.807, 2.05) is 12.1 Å². The number of fused-ring (bicyclic) bond motifs is 3. The van der Waals surface area contributed by atoms with Crippen LogP contribution in [0.15, 0.2) is 71.8 Å². The van der Waals surface area contributed by atoms with Gasteiger partial charge in [0.25, 0.3) is 6.23 Å². The van der Waals surface area contributed by atoms with Crippen LogP contribution in [-0.4, -0.2) is 22.7 Å². The van der Waals surface area contributed by atoms with Gasteiger partial charge in [0.15, 0.2) is 0 Å². The van der Waals surface area contributed by atoms with Crippen LogP contribution in [-0.2, 0) is 0 Å². The molecule has 0 radical (unpaired) electrons. The van der Waals surface area contributed by atoms with Crippen LogP contribution in [0, 0.1) is 6.92 Å². The fourth-order valence-corrected chi connectivity index (χ4v) is 4.21. The third-order valence-corrected chi connectivity index (χ3v) is 5.98. The van der Waals surface area contributed by atoms with Gasteiger partial charge in [0, 0.05) is 27.6 Å². The van der Waals surface area contributed by atoms with Gasteiger partial charge in [-0.15, -0.1) is 0 Å². The number of ketones is 1. The number of halogens is 2. The lowest BCUT2D eigenvalue weighted by Crippen LogP contribution is -2.45. The van der Waals surface area contributed by atoms with Crippen LogP contribution in [0.3, 0.4) is 0 Å². The molecule has 0 amide bonds. The van der Waals surface area contributed by atoms with Crippen molar-refractivity contribution in [3.05, 3.63) is 99.0 Å². The number of Topliss-reactive ketones (excluding diaryl/α,β-unsaturated/α-hetero) is 1. The molecule has 3 aromatic rings. The van der Waals surface area contributed by atoms with Crippen molar-refractivity contribution in [3.63, 3.8) is 0 Å². The lowest BCUT2D eigenvalue weighted by molar-refractivity contribution is -0.00455. The van der Waals surface area contributed by atoms with Crippen molar-refractivity contribution in [1.29, 1.82) is 0 Å². The summed E-state index contributed by atoms with van der Waals surface area (Å²) in [6.07, 6.45) is -0.183. The Morgan fingerprint density at radius 1 is 1.00 bits per heavy atom. The van der Waals surface area contributed by atoms with Crippen molar-refractivity contribution < 1.29 is 9.53 Å². The third-order valence-electron chi connectivity index (χ3n) is 5.49. The maximum absolute atomic E-state index is 13.3. The number of carbonyl (C=O) groups excluding carboxylic acids is 1. The highest BCUT2D eigenvalue weighted by Gasteiger charge is 2.43. The standard InChI is InChI=1S/C24H18Cl2N2O2/c1-14-2-4-15(5-3-14)20-13-21-19-12-18(26)10-11-22(19)30-24(28(21)27-20)23(29)16-6-8-17(25)9-7-16/h2-12,21,24H,13H2,1H3. The zero-order valence-electron chi connectivity index (χ0n) is 16.2. The summed E-state index contributed by atoms with van der Waals surface area (Å²) in [5, 5.41) is 7.79. The van der Waals surface area contributed by atoms with Gasteiger partial charge in [-0.3, -0.25) is 4.79 Å². The van der Waals surface area contributed by atoms with E-state index in [0.29, 0.717) is 27.8 Å². The van der Waals surface area contributed by atoms with E-state index in [1.54, 1.807) is 35.3 Å². The highest BCUT2D eigenvalue weighted by atomic mass is 35.5. The normalized spacial score (nSPS) is 19.6. The van der Waals surface area contributed by atoms with Gasteiger partial charge in [-0.05, 0) is 55.0 Å². The van der Waals surface area contributed by atoms with E-state index < -0.39 is 6.23 Å². The molecule has 2 atom stereocenters. The topological polar surface area (TPSA) is 41.9 Å². The van der Waals surface area contributed by atoms with Crippen molar-refractivity contribution in [1.82, 2.24) is 5.01 Å². The summed E-state index contributed by atoms with van der Waals surface area (Å²) < 4.78 is 6.13. The molecule has 0 fully saturated rings. The number of aryl methyl sites for hydroxylation is 1. The molecule has 5 rings (SSSR count). The average molecular weight is 437 g/mol. The first kappa shape index (κ1) is 19.2. The molecule has 0 bridgehead atoms. The zero-order valence-corrected chi connectivity index (χ0v) is 17.7. The second-order valence-corrected chi connectivity index (χ2v) is 8.41. The van der Waals surface area contributed by atoms with Crippen LogP contribution >= 0.6 is 23.2 Å². The van der Waals surface area contributed by atoms with Crippen molar-refractivity contribution in [2.45, 2.75) is 25.6 Å². The van der Waals surface area contributed by atoms with Crippen LogP contribution in [0.1, 0.15) is 39.5 Å². The Hall–Kier alpha value is -2.82. The molecule has 0 aromatic heterocycles. The molecule has 0 saturated heterocycles. The molecule has 2 aliphatic heterocycles.